The highest BCUT2D eigenvalue weighted by atomic mass is 32.2. The Kier molecular flexibility index (Phi) is 5.76. The summed E-state index contributed by atoms with van der Waals surface area (Å²) in [6.45, 7) is 3.73. The first-order chi connectivity index (χ1) is 14.3. The predicted octanol–water partition coefficient (Wildman–Crippen LogP) is 4.67. The normalized spacial score (nSPS) is 14.9. The lowest BCUT2D eigenvalue weighted by Gasteiger charge is -2.15. The fourth-order valence-corrected chi connectivity index (χ4v) is 3.38. The molecule has 1 aliphatic heterocycles. The Morgan fingerprint density at radius 2 is 2.00 bits per heavy atom. The van der Waals surface area contributed by atoms with Crippen LogP contribution in [0.1, 0.15) is 5.56 Å². The van der Waals surface area contributed by atoms with Crippen LogP contribution in [0.5, 0.6) is 11.6 Å². The molecule has 0 fully saturated rings. The van der Waals surface area contributed by atoms with Crippen molar-refractivity contribution in [2.75, 3.05) is 18.2 Å². The summed E-state index contributed by atoms with van der Waals surface area (Å²) in [6, 6.07) is 15.7. The van der Waals surface area contributed by atoms with Crippen molar-refractivity contribution in [1.82, 2.24) is 15.2 Å². The van der Waals surface area contributed by atoms with Crippen molar-refractivity contribution >= 4 is 23.5 Å². The molecule has 2 aromatic carbocycles. The van der Waals surface area contributed by atoms with Gasteiger partial charge < -0.3 is 14.8 Å². The summed E-state index contributed by atoms with van der Waals surface area (Å²) >= 11 is 1.46. The van der Waals surface area contributed by atoms with Crippen molar-refractivity contribution in [2.45, 2.75) is 11.4 Å². The van der Waals surface area contributed by atoms with Crippen LogP contribution in [0.25, 0.3) is 17.3 Å². The molecule has 1 aromatic heterocycles. The molecule has 0 amide bonds. The van der Waals surface area contributed by atoms with Crippen LogP contribution in [0.2, 0.25) is 0 Å². The second kappa shape index (κ2) is 8.79. The van der Waals surface area contributed by atoms with E-state index in [4.69, 9.17) is 9.47 Å². The number of nitrogens with zero attached hydrogens (tertiary/aromatic N) is 3. The van der Waals surface area contributed by atoms with Crippen LogP contribution in [0.3, 0.4) is 0 Å². The molecule has 0 bridgehead atoms. The minimum atomic E-state index is -0.409. The zero-order chi connectivity index (χ0) is 20.1. The second-order valence-electron chi connectivity index (χ2n) is 6.21. The Morgan fingerprint density at radius 3 is 2.79 bits per heavy atom. The fourth-order valence-electron chi connectivity index (χ4n) is 2.86. The largest absolute Gasteiger partial charge is 0.497 e. The first-order valence-corrected chi connectivity index (χ1v) is 10.1. The molecule has 1 atom stereocenters. The summed E-state index contributed by atoms with van der Waals surface area (Å²) in [5.41, 5.74) is 3.48. The number of anilines is 1. The van der Waals surface area contributed by atoms with Crippen LogP contribution in [-0.2, 0) is 0 Å². The number of hydrogen-bond donors (Lipinski definition) is 1. The highest BCUT2D eigenvalue weighted by Crippen LogP contribution is 2.36. The van der Waals surface area contributed by atoms with E-state index in [1.54, 1.807) is 13.2 Å². The molecule has 0 spiro atoms. The standard InChI is InChI=1S/C22H20N4O2S/c1-3-14-29-22-24-21-20(25-26-22)17-6-4-5-7-18(17)23-19(28-21)13-10-15-8-11-16(27-2)12-9-15/h3-13,19,23H,1,14H2,2H3/b13-10+. The van der Waals surface area contributed by atoms with Gasteiger partial charge >= 0.3 is 0 Å². The number of benzene rings is 2. The van der Waals surface area contributed by atoms with Gasteiger partial charge in [0.05, 0.1) is 7.11 Å². The number of thioether (sulfide) groups is 1. The molecule has 1 N–H and O–H groups in total. The number of nitrogens with one attached hydrogen (secondary N) is 1. The highest BCUT2D eigenvalue weighted by Gasteiger charge is 2.23. The molecule has 6 nitrogen and oxygen atoms in total. The zero-order valence-corrected chi connectivity index (χ0v) is 16.7. The average Bonchev–Trinajstić information content (AvgIpc) is 2.92. The zero-order valence-electron chi connectivity index (χ0n) is 15.9. The summed E-state index contributed by atoms with van der Waals surface area (Å²) in [4.78, 5) is 4.57. The number of rotatable bonds is 6. The predicted molar refractivity (Wildman–Crippen MR) is 116 cm³/mol. The lowest BCUT2D eigenvalue weighted by Crippen LogP contribution is -2.23. The third kappa shape index (κ3) is 4.41. The molecule has 4 rings (SSSR count). The number of ether oxygens (including phenoxy) is 2. The quantitative estimate of drug-likeness (QED) is 0.473. The Balaban J connectivity index is 1.65. The van der Waals surface area contributed by atoms with E-state index < -0.39 is 6.23 Å². The minimum absolute atomic E-state index is 0.409. The monoisotopic (exact) mass is 404 g/mol. The van der Waals surface area contributed by atoms with Gasteiger partial charge in [-0.15, -0.1) is 16.8 Å². The molecule has 3 aromatic rings. The van der Waals surface area contributed by atoms with E-state index in [0.29, 0.717) is 22.5 Å². The molecular weight excluding hydrogens is 384 g/mol. The van der Waals surface area contributed by atoms with Crippen molar-refractivity contribution in [1.29, 1.82) is 0 Å². The third-order valence-corrected chi connectivity index (χ3v) is 5.10. The number of hydrogen-bond acceptors (Lipinski definition) is 7. The maximum Gasteiger partial charge on any atom is 0.247 e. The fraction of sp³-hybridized carbons (Fsp3) is 0.136. The van der Waals surface area contributed by atoms with Crippen LogP contribution < -0.4 is 14.8 Å². The Morgan fingerprint density at radius 1 is 1.17 bits per heavy atom. The number of para-hydroxylation sites is 1. The molecule has 1 unspecified atom stereocenters. The minimum Gasteiger partial charge on any atom is -0.497 e. The highest BCUT2D eigenvalue weighted by molar-refractivity contribution is 7.99. The smallest absolute Gasteiger partial charge is 0.247 e. The van der Waals surface area contributed by atoms with Gasteiger partial charge in [-0.05, 0) is 29.8 Å². The van der Waals surface area contributed by atoms with Gasteiger partial charge in [-0.2, -0.15) is 4.98 Å². The Bertz CT molecular complexity index is 1040. The van der Waals surface area contributed by atoms with E-state index in [0.717, 1.165) is 22.6 Å². The topological polar surface area (TPSA) is 69.2 Å². The molecule has 29 heavy (non-hydrogen) atoms. The lowest BCUT2D eigenvalue weighted by molar-refractivity contribution is 0.266. The summed E-state index contributed by atoms with van der Waals surface area (Å²) < 4.78 is 11.4. The van der Waals surface area contributed by atoms with Gasteiger partial charge in [-0.3, -0.25) is 0 Å². The van der Waals surface area contributed by atoms with E-state index in [2.05, 4.69) is 27.1 Å². The van der Waals surface area contributed by atoms with Crippen molar-refractivity contribution in [3.8, 4) is 22.9 Å². The summed E-state index contributed by atoms with van der Waals surface area (Å²) in [7, 11) is 1.65. The first kappa shape index (κ1) is 19.0. The summed E-state index contributed by atoms with van der Waals surface area (Å²) in [5, 5.41) is 12.5. The van der Waals surface area contributed by atoms with Crippen molar-refractivity contribution in [2.24, 2.45) is 0 Å². The van der Waals surface area contributed by atoms with Gasteiger partial charge in [0.2, 0.25) is 11.0 Å². The molecule has 7 heteroatoms. The van der Waals surface area contributed by atoms with E-state index in [9.17, 15) is 0 Å². The molecule has 2 heterocycles. The molecule has 146 valence electrons. The van der Waals surface area contributed by atoms with Crippen LogP contribution >= 0.6 is 11.8 Å². The second-order valence-corrected chi connectivity index (χ2v) is 7.20. The van der Waals surface area contributed by atoms with Gasteiger partial charge in [0.1, 0.15) is 5.75 Å². The Labute approximate surface area is 173 Å². The molecule has 0 radical (unpaired) electrons. The first-order valence-electron chi connectivity index (χ1n) is 9.10. The maximum atomic E-state index is 6.15. The van der Waals surface area contributed by atoms with Gasteiger partial charge in [0.15, 0.2) is 11.9 Å². The summed E-state index contributed by atoms with van der Waals surface area (Å²) in [5.74, 6) is 1.98. The Hall–Kier alpha value is -3.32. The summed E-state index contributed by atoms with van der Waals surface area (Å²) in [6.07, 6.45) is 5.34. The molecule has 0 saturated carbocycles. The van der Waals surface area contributed by atoms with Crippen LogP contribution in [0.15, 0.2) is 72.4 Å². The average molecular weight is 404 g/mol. The lowest BCUT2D eigenvalue weighted by atomic mass is 10.1. The number of fused-ring (bicyclic) bond motifs is 3. The molecular formula is C22H20N4O2S. The van der Waals surface area contributed by atoms with Crippen LogP contribution in [0, 0.1) is 0 Å². The number of aromatic nitrogens is 3. The van der Waals surface area contributed by atoms with Crippen molar-refractivity contribution in [3.05, 3.63) is 72.8 Å². The van der Waals surface area contributed by atoms with Gasteiger partial charge in [-0.1, -0.05) is 54.2 Å². The van der Waals surface area contributed by atoms with Gasteiger partial charge in [-0.25, -0.2) is 0 Å². The van der Waals surface area contributed by atoms with Gasteiger partial charge in [0.25, 0.3) is 0 Å². The molecule has 0 saturated heterocycles. The van der Waals surface area contributed by atoms with E-state index in [1.165, 1.54) is 11.8 Å². The molecule has 1 aliphatic rings. The molecule has 0 aliphatic carbocycles. The number of methoxy groups -OCH3 is 1. The van der Waals surface area contributed by atoms with Crippen molar-refractivity contribution in [3.63, 3.8) is 0 Å². The van der Waals surface area contributed by atoms with E-state index >= 15 is 0 Å². The third-order valence-electron chi connectivity index (χ3n) is 4.26. The maximum absolute atomic E-state index is 6.15. The van der Waals surface area contributed by atoms with E-state index in [1.807, 2.05) is 60.7 Å². The van der Waals surface area contributed by atoms with Crippen molar-refractivity contribution < 1.29 is 9.47 Å². The SMILES string of the molecule is C=CCSc1nnc2c(n1)OC(/C=C/c1ccc(OC)cc1)Nc1ccccc1-2. The van der Waals surface area contributed by atoms with Gasteiger partial charge in [0, 0.05) is 17.0 Å². The van der Waals surface area contributed by atoms with Crippen LogP contribution in [0.4, 0.5) is 5.69 Å². The van der Waals surface area contributed by atoms with E-state index in [-0.39, 0.29) is 0 Å². The van der Waals surface area contributed by atoms with Crippen LogP contribution in [-0.4, -0.2) is 34.3 Å².